The maximum atomic E-state index is 12.2. The SMILES string of the molecule is CC(=O)NC1CN(C(C)=O)C2(CCN(Cc3ccc4nccnc4c3)CC2)C1. The summed E-state index contributed by atoms with van der Waals surface area (Å²) in [6.45, 7) is 6.56. The highest BCUT2D eigenvalue weighted by molar-refractivity contribution is 5.76. The van der Waals surface area contributed by atoms with Gasteiger partial charge in [0.1, 0.15) is 0 Å². The van der Waals surface area contributed by atoms with Crippen LogP contribution >= 0.6 is 0 Å². The van der Waals surface area contributed by atoms with E-state index in [2.05, 4.69) is 32.3 Å². The molecular formula is C21H27N5O2. The molecule has 28 heavy (non-hydrogen) atoms. The number of carbonyl (C=O) groups is 2. The van der Waals surface area contributed by atoms with Crippen LogP contribution in [-0.2, 0) is 16.1 Å². The van der Waals surface area contributed by atoms with Crippen LogP contribution in [-0.4, -0.2) is 62.8 Å². The highest BCUT2D eigenvalue weighted by atomic mass is 16.2. The third-order valence-corrected chi connectivity index (χ3v) is 6.12. The van der Waals surface area contributed by atoms with Gasteiger partial charge in [-0.2, -0.15) is 0 Å². The molecule has 1 aromatic heterocycles. The van der Waals surface area contributed by atoms with Crippen molar-refractivity contribution < 1.29 is 9.59 Å². The highest BCUT2D eigenvalue weighted by Crippen LogP contribution is 2.39. The zero-order valence-corrected chi connectivity index (χ0v) is 16.5. The summed E-state index contributed by atoms with van der Waals surface area (Å²) in [7, 11) is 0. The van der Waals surface area contributed by atoms with E-state index in [-0.39, 0.29) is 23.4 Å². The van der Waals surface area contributed by atoms with E-state index < -0.39 is 0 Å². The first-order valence-corrected chi connectivity index (χ1v) is 9.92. The predicted molar refractivity (Wildman–Crippen MR) is 106 cm³/mol. The Labute approximate surface area is 165 Å². The summed E-state index contributed by atoms with van der Waals surface area (Å²) in [5, 5.41) is 3.01. The summed E-state index contributed by atoms with van der Waals surface area (Å²) in [6.07, 6.45) is 6.17. The quantitative estimate of drug-likeness (QED) is 0.876. The number of nitrogens with one attached hydrogen (secondary N) is 1. The zero-order valence-electron chi connectivity index (χ0n) is 16.5. The lowest BCUT2D eigenvalue weighted by molar-refractivity contribution is -0.134. The topological polar surface area (TPSA) is 78.4 Å². The Bertz CT molecular complexity index is 891. The van der Waals surface area contributed by atoms with E-state index in [9.17, 15) is 9.59 Å². The van der Waals surface area contributed by atoms with Crippen molar-refractivity contribution in [2.75, 3.05) is 19.6 Å². The number of piperidine rings is 1. The molecule has 1 aromatic carbocycles. The molecule has 2 aliphatic rings. The summed E-state index contributed by atoms with van der Waals surface area (Å²) >= 11 is 0. The molecule has 2 aromatic rings. The van der Waals surface area contributed by atoms with Crippen LogP contribution in [0.1, 0.15) is 38.7 Å². The Kier molecular flexibility index (Phi) is 5.02. The lowest BCUT2D eigenvalue weighted by Crippen LogP contribution is -2.53. The van der Waals surface area contributed by atoms with E-state index in [1.54, 1.807) is 26.2 Å². The Balaban J connectivity index is 1.42. The van der Waals surface area contributed by atoms with Crippen molar-refractivity contribution in [3.63, 3.8) is 0 Å². The molecule has 7 heteroatoms. The van der Waals surface area contributed by atoms with Gasteiger partial charge in [-0.05, 0) is 37.0 Å². The average Bonchev–Trinajstić information content (AvgIpc) is 3.01. The molecule has 2 fully saturated rings. The molecule has 0 saturated carbocycles. The van der Waals surface area contributed by atoms with E-state index in [0.29, 0.717) is 6.54 Å². The van der Waals surface area contributed by atoms with Crippen molar-refractivity contribution in [1.29, 1.82) is 0 Å². The van der Waals surface area contributed by atoms with Crippen LogP contribution in [0.15, 0.2) is 30.6 Å². The minimum Gasteiger partial charge on any atom is -0.352 e. The number of likely N-dealkylation sites (tertiary alicyclic amines) is 2. The molecule has 0 aliphatic carbocycles. The first-order valence-electron chi connectivity index (χ1n) is 9.92. The summed E-state index contributed by atoms with van der Waals surface area (Å²) in [6, 6.07) is 6.31. The smallest absolute Gasteiger partial charge is 0.219 e. The van der Waals surface area contributed by atoms with Crippen LogP contribution in [0.2, 0.25) is 0 Å². The first-order chi connectivity index (χ1) is 13.4. The molecule has 3 heterocycles. The van der Waals surface area contributed by atoms with E-state index in [4.69, 9.17) is 0 Å². The Hall–Kier alpha value is -2.54. The molecule has 1 N–H and O–H groups in total. The van der Waals surface area contributed by atoms with E-state index >= 15 is 0 Å². The van der Waals surface area contributed by atoms with Gasteiger partial charge < -0.3 is 10.2 Å². The maximum Gasteiger partial charge on any atom is 0.219 e. The normalized spacial score (nSPS) is 21.9. The molecule has 0 radical (unpaired) electrons. The van der Waals surface area contributed by atoms with Gasteiger partial charge in [0.25, 0.3) is 0 Å². The van der Waals surface area contributed by atoms with Crippen molar-refractivity contribution in [3.05, 3.63) is 36.2 Å². The molecule has 1 unspecified atom stereocenters. The Morgan fingerprint density at radius 2 is 1.86 bits per heavy atom. The Morgan fingerprint density at radius 3 is 2.54 bits per heavy atom. The van der Waals surface area contributed by atoms with E-state index in [1.807, 2.05) is 11.0 Å². The fourth-order valence-corrected chi connectivity index (χ4v) is 4.86. The lowest BCUT2D eigenvalue weighted by Gasteiger charge is -2.44. The summed E-state index contributed by atoms with van der Waals surface area (Å²) in [5.74, 6) is 0.0804. The highest BCUT2D eigenvalue weighted by Gasteiger charge is 2.48. The first kappa shape index (κ1) is 18.8. The van der Waals surface area contributed by atoms with Gasteiger partial charge in [-0.25, -0.2) is 0 Å². The molecular weight excluding hydrogens is 354 g/mol. The van der Waals surface area contributed by atoms with Crippen LogP contribution in [0.4, 0.5) is 0 Å². The van der Waals surface area contributed by atoms with Crippen LogP contribution < -0.4 is 5.32 Å². The van der Waals surface area contributed by atoms with Crippen molar-refractivity contribution in [1.82, 2.24) is 25.1 Å². The minimum atomic E-state index is -0.121. The predicted octanol–water partition coefficient (Wildman–Crippen LogP) is 1.72. The van der Waals surface area contributed by atoms with Gasteiger partial charge in [-0.3, -0.25) is 24.5 Å². The summed E-state index contributed by atoms with van der Waals surface area (Å²) in [4.78, 5) is 36.9. The number of rotatable bonds is 3. The molecule has 148 valence electrons. The molecule has 1 spiro atoms. The standard InChI is InChI=1S/C21H27N5O2/c1-15(27)24-18-12-21(26(14-18)16(2)28)5-9-25(10-6-21)13-17-3-4-19-20(11-17)23-8-7-22-19/h3-4,7-8,11,18H,5-6,9-10,12-14H2,1-2H3,(H,24,27). The van der Waals surface area contributed by atoms with Crippen LogP contribution in [0.3, 0.4) is 0 Å². The number of nitrogens with zero attached hydrogens (tertiary/aromatic N) is 4. The van der Waals surface area contributed by atoms with Crippen LogP contribution in [0.5, 0.6) is 0 Å². The molecule has 4 rings (SSSR count). The van der Waals surface area contributed by atoms with E-state index in [1.165, 1.54) is 5.56 Å². The second-order valence-electron chi connectivity index (χ2n) is 8.11. The second-order valence-corrected chi connectivity index (χ2v) is 8.11. The van der Waals surface area contributed by atoms with Crippen molar-refractivity contribution >= 4 is 22.8 Å². The van der Waals surface area contributed by atoms with Crippen molar-refractivity contribution in [3.8, 4) is 0 Å². The van der Waals surface area contributed by atoms with Gasteiger partial charge in [-0.1, -0.05) is 6.07 Å². The molecule has 2 amide bonds. The largest absolute Gasteiger partial charge is 0.352 e. The Morgan fingerprint density at radius 1 is 1.14 bits per heavy atom. The zero-order chi connectivity index (χ0) is 19.7. The fraction of sp³-hybridized carbons (Fsp3) is 0.524. The molecule has 2 aliphatic heterocycles. The number of hydrogen-bond donors (Lipinski definition) is 1. The van der Waals surface area contributed by atoms with E-state index in [0.717, 1.165) is 49.9 Å². The third-order valence-electron chi connectivity index (χ3n) is 6.12. The minimum absolute atomic E-state index is 0.0256. The van der Waals surface area contributed by atoms with Gasteiger partial charge in [-0.15, -0.1) is 0 Å². The number of benzene rings is 1. The fourth-order valence-electron chi connectivity index (χ4n) is 4.86. The van der Waals surface area contributed by atoms with Gasteiger partial charge >= 0.3 is 0 Å². The van der Waals surface area contributed by atoms with Crippen LogP contribution in [0, 0.1) is 0 Å². The molecule has 7 nitrogen and oxygen atoms in total. The van der Waals surface area contributed by atoms with Gasteiger partial charge in [0.05, 0.1) is 11.0 Å². The average molecular weight is 381 g/mol. The van der Waals surface area contributed by atoms with Crippen LogP contribution in [0.25, 0.3) is 11.0 Å². The molecule has 0 bridgehead atoms. The number of aromatic nitrogens is 2. The monoisotopic (exact) mass is 381 g/mol. The summed E-state index contributed by atoms with van der Waals surface area (Å²) in [5.41, 5.74) is 2.95. The summed E-state index contributed by atoms with van der Waals surface area (Å²) < 4.78 is 0. The molecule has 2 saturated heterocycles. The third kappa shape index (κ3) is 3.71. The van der Waals surface area contributed by atoms with Gasteiger partial charge in [0, 0.05) is 64.0 Å². The number of hydrogen-bond acceptors (Lipinski definition) is 5. The lowest BCUT2D eigenvalue weighted by atomic mass is 9.84. The maximum absolute atomic E-state index is 12.2. The number of fused-ring (bicyclic) bond motifs is 1. The second kappa shape index (κ2) is 7.47. The number of carbonyl (C=O) groups excluding carboxylic acids is 2. The van der Waals surface area contributed by atoms with Crippen molar-refractivity contribution in [2.45, 2.75) is 51.2 Å². The van der Waals surface area contributed by atoms with Crippen molar-refractivity contribution in [2.24, 2.45) is 0 Å². The van der Waals surface area contributed by atoms with Gasteiger partial charge in [0.15, 0.2) is 0 Å². The van der Waals surface area contributed by atoms with Gasteiger partial charge in [0.2, 0.25) is 11.8 Å². The number of amides is 2. The molecule has 1 atom stereocenters.